The molecule has 0 aliphatic carbocycles. The average Bonchev–Trinajstić information content (AvgIpc) is 2.30. The molecule has 0 aliphatic heterocycles. The molecular formula is C12H11FN4. The summed E-state index contributed by atoms with van der Waals surface area (Å²) in [4.78, 5) is 0. The zero-order valence-electron chi connectivity index (χ0n) is 8.97. The summed E-state index contributed by atoms with van der Waals surface area (Å²) in [6, 6.07) is 10.7. The van der Waals surface area contributed by atoms with Crippen LogP contribution in [0.2, 0.25) is 0 Å². The molecule has 0 saturated carbocycles. The van der Waals surface area contributed by atoms with Crippen molar-refractivity contribution in [1.82, 2.24) is 0 Å². The lowest BCUT2D eigenvalue weighted by Crippen LogP contribution is -1.89. The Morgan fingerprint density at radius 3 is 2.24 bits per heavy atom. The van der Waals surface area contributed by atoms with Crippen LogP contribution in [-0.4, -0.2) is 0 Å². The lowest BCUT2D eigenvalue weighted by atomic mass is 10.2. The predicted octanol–water partition coefficient (Wildman–Crippen LogP) is 3.41. The van der Waals surface area contributed by atoms with E-state index < -0.39 is 0 Å². The molecule has 4 nitrogen and oxygen atoms in total. The first-order valence-electron chi connectivity index (χ1n) is 4.97. The SMILES string of the molecule is Nc1ccc(N=Nc2ccc(F)cc2)c(N)c1. The Kier molecular flexibility index (Phi) is 3.00. The zero-order chi connectivity index (χ0) is 12.3. The van der Waals surface area contributed by atoms with Crippen molar-refractivity contribution in [3.8, 4) is 0 Å². The molecule has 2 rings (SSSR count). The topological polar surface area (TPSA) is 76.8 Å². The third-order valence-corrected chi connectivity index (χ3v) is 2.15. The van der Waals surface area contributed by atoms with Crippen molar-refractivity contribution >= 4 is 22.7 Å². The predicted molar refractivity (Wildman–Crippen MR) is 65.8 cm³/mol. The first-order chi connectivity index (χ1) is 8.15. The molecule has 0 saturated heterocycles. The molecule has 0 amide bonds. The van der Waals surface area contributed by atoms with E-state index in [4.69, 9.17) is 11.5 Å². The van der Waals surface area contributed by atoms with Crippen molar-refractivity contribution < 1.29 is 4.39 Å². The highest BCUT2D eigenvalue weighted by Gasteiger charge is 1.97. The number of hydrogen-bond acceptors (Lipinski definition) is 4. The molecule has 17 heavy (non-hydrogen) atoms. The van der Waals surface area contributed by atoms with E-state index in [2.05, 4.69) is 10.2 Å². The minimum Gasteiger partial charge on any atom is -0.399 e. The average molecular weight is 230 g/mol. The fourth-order valence-electron chi connectivity index (χ4n) is 1.28. The molecule has 0 fully saturated rings. The summed E-state index contributed by atoms with van der Waals surface area (Å²) < 4.78 is 12.7. The maximum Gasteiger partial charge on any atom is 0.123 e. The molecule has 86 valence electrons. The molecule has 2 aromatic carbocycles. The highest BCUT2D eigenvalue weighted by Crippen LogP contribution is 2.26. The molecule has 5 heteroatoms. The third kappa shape index (κ3) is 2.78. The van der Waals surface area contributed by atoms with Crippen molar-refractivity contribution in [2.24, 2.45) is 10.2 Å². The van der Waals surface area contributed by atoms with Crippen molar-refractivity contribution in [3.63, 3.8) is 0 Å². The van der Waals surface area contributed by atoms with E-state index in [-0.39, 0.29) is 5.82 Å². The van der Waals surface area contributed by atoms with Crippen LogP contribution in [0.25, 0.3) is 0 Å². The summed E-state index contributed by atoms with van der Waals surface area (Å²) in [7, 11) is 0. The van der Waals surface area contributed by atoms with Gasteiger partial charge in [0.1, 0.15) is 11.5 Å². The van der Waals surface area contributed by atoms with E-state index in [9.17, 15) is 4.39 Å². The lowest BCUT2D eigenvalue weighted by Gasteiger charge is -1.99. The maximum absolute atomic E-state index is 12.7. The Hall–Kier alpha value is -2.43. The zero-order valence-corrected chi connectivity index (χ0v) is 8.97. The van der Waals surface area contributed by atoms with E-state index in [0.29, 0.717) is 22.7 Å². The quantitative estimate of drug-likeness (QED) is 0.612. The third-order valence-electron chi connectivity index (χ3n) is 2.15. The summed E-state index contributed by atoms with van der Waals surface area (Å²) in [5, 5.41) is 7.91. The van der Waals surface area contributed by atoms with Crippen molar-refractivity contribution in [3.05, 3.63) is 48.3 Å². The first kappa shape index (κ1) is 11.1. The van der Waals surface area contributed by atoms with Gasteiger partial charge in [0.05, 0.1) is 11.4 Å². The minimum absolute atomic E-state index is 0.309. The Morgan fingerprint density at radius 1 is 0.882 bits per heavy atom. The fourth-order valence-corrected chi connectivity index (χ4v) is 1.28. The number of rotatable bonds is 2. The number of halogens is 1. The van der Waals surface area contributed by atoms with Gasteiger partial charge in [-0.2, -0.15) is 5.11 Å². The molecule has 0 aliphatic rings. The Balaban J connectivity index is 2.23. The second-order valence-electron chi connectivity index (χ2n) is 3.49. The van der Waals surface area contributed by atoms with Crippen LogP contribution in [0.15, 0.2) is 52.7 Å². The number of hydrogen-bond donors (Lipinski definition) is 2. The normalized spacial score (nSPS) is 10.9. The Labute approximate surface area is 97.8 Å². The van der Waals surface area contributed by atoms with Crippen LogP contribution in [0.4, 0.5) is 27.1 Å². The van der Waals surface area contributed by atoms with Crippen LogP contribution in [0, 0.1) is 5.82 Å². The summed E-state index contributed by atoms with van der Waals surface area (Å²) in [5.41, 5.74) is 13.4. The van der Waals surface area contributed by atoms with Gasteiger partial charge in [-0.3, -0.25) is 0 Å². The highest BCUT2D eigenvalue weighted by atomic mass is 19.1. The van der Waals surface area contributed by atoms with Crippen molar-refractivity contribution in [2.45, 2.75) is 0 Å². The van der Waals surface area contributed by atoms with E-state index in [1.54, 1.807) is 18.2 Å². The van der Waals surface area contributed by atoms with Gasteiger partial charge in [-0.25, -0.2) is 4.39 Å². The van der Waals surface area contributed by atoms with E-state index in [0.717, 1.165) is 0 Å². The van der Waals surface area contributed by atoms with Crippen LogP contribution in [0.3, 0.4) is 0 Å². The molecule has 0 atom stereocenters. The van der Waals surface area contributed by atoms with Gasteiger partial charge in [-0.05, 0) is 42.5 Å². The summed E-state index contributed by atoms with van der Waals surface area (Å²) in [5.74, 6) is -0.309. The van der Waals surface area contributed by atoms with E-state index in [1.807, 2.05) is 0 Å². The van der Waals surface area contributed by atoms with Gasteiger partial charge in [-0.15, -0.1) is 5.11 Å². The molecule has 4 N–H and O–H groups in total. The second kappa shape index (κ2) is 4.61. The summed E-state index contributed by atoms with van der Waals surface area (Å²) in [6.07, 6.45) is 0. The van der Waals surface area contributed by atoms with Gasteiger partial charge in [-0.1, -0.05) is 0 Å². The number of benzene rings is 2. The highest BCUT2D eigenvalue weighted by molar-refractivity contribution is 5.67. The summed E-state index contributed by atoms with van der Waals surface area (Å²) in [6.45, 7) is 0. The van der Waals surface area contributed by atoms with Gasteiger partial charge in [0.25, 0.3) is 0 Å². The number of nitrogens with zero attached hydrogens (tertiary/aromatic N) is 2. The molecule has 0 aromatic heterocycles. The maximum atomic E-state index is 12.7. The van der Waals surface area contributed by atoms with Gasteiger partial charge in [0.15, 0.2) is 0 Å². The molecule has 2 aromatic rings. The molecule has 0 spiro atoms. The van der Waals surface area contributed by atoms with Gasteiger partial charge >= 0.3 is 0 Å². The summed E-state index contributed by atoms with van der Waals surface area (Å²) >= 11 is 0. The largest absolute Gasteiger partial charge is 0.399 e. The molecule has 0 radical (unpaired) electrons. The van der Waals surface area contributed by atoms with E-state index in [1.165, 1.54) is 24.3 Å². The minimum atomic E-state index is -0.309. The second-order valence-corrected chi connectivity index (χ2v) is 3.49. The number of nitrogens with two attached hydrogens (primary N) is 2. The molecular weight excluding hydrogens is 219 g/mol. The van der Waals surface area contributed by atoms with Crippen LogP contribution >= 0.6 is 0 Å². The monoisotopic (exact) mass is 230 g/mol. The standard InChI is InChI=1S/C12H11FN4/c13-8-1-4-10(5-2-8)16-17-12-6-3-9(14)7-11(12)15/h1-7H,14-15H2. The molecule has 0 unspecified atom stereocenters. The molecule has 0 bridgehead atoms. The van der Waals surface area contributed by atoms with Crippen LogP contribution in [-0.2, 0) is 0 Å². The van der Waals surface area contributed by atoms with Crippen LogP contribution < -0.4 is 11.5 Å². The first-order valence-corrected chi connectivity index (χ1v) is 4.97. The number of azo groups is 1. The fraction of sp³-hybridized carbons (Fsp3) is 0. The van der Waals surface area contributed by atoms with Crippen molar-refractivity contribution in [1.29, 1.82) is 0 Å². The lowest BCUT2D eigenvalue weighted by molar-refractivity contribution is 0.628. The Bertz CT molecular complexity index is 549. The smallest absolute Gasteiger partial charge is 0.123 e. The van der Waals surface area contributed by atoms with Crippen molar-refractivity contribution in [2.75, 3.05) is 11.5 Å². The Morgan fingerprint density at radius 2 is 1.59 bits per heavy atom. The van der Waals surface area contributed by atoms with Gasteiger partial charge < -0.3 is 11.5 Å². The van der Waals surface area contributed by atoms with E-state index >= 15 is 0 Å². The number of nitrogen functional groups attached to an aromatic ring is 2. The number of anilines is 2. The van der Waals surface area contributed by atoms with Crippen LogP contribution in [0.5, 0.6) is 0 Å². The molecule has 0 heterocycles. The van der Waals surface area contributed by atoms with Crippen LogP contribution in [0.1, 0.15) is 0 Å². The van der Waals surface area contributed by atoms with Gasteiger partial charge in [0, 0.05) is 5.69 Å². The van der Waals surface area contributed by atoms with Gasteiger partial charge in [0.2, 0.25) is 0 Å².